The first-order chi connectivity index (χ1) is 11.6. The molecule has 0 amide bonds. The highest BCUT2D eigenvalue weighted by Crippen LogP contribution is 2.37. The second-order valence-electron chi connectivity index (χ2n) is 5.43. The van der Waals surface area contributed by atoms with Gasteiger partial charge in [-0.05, 0) is 36.8 Å². The summed E-state index contributed by atoms with van der Waals surface area (Å²) in [7, 11) is 0. The van der Waals surface area contributed by atoms with Gasteiger partial charge in [0.05, 0.1) is 5.02 Å². The Kier molecular flexibility index (Phi) is 3.50. The van der Waals surface area contributed by atoms with E-state index in [9.17, 15) is 4.79 Å². The van der Waals surface area contributed by atoms with Gasteiger partial charge in [-0.2, -0.15) is 0 Å². The number of carbonyl (C=O) groups is 1. The smallest absolute Gasteiger partial charge is 0.363 e. The molecular weight excluding hydrogens is 330 g/mol. The lowest BCUT2D eigenvalue weighted by Gasteiger charge is -2.01. The van der Waals surface area contributed by atoms with E-state index >= 15 is 0 Å². The summed E-state index contributed by atoms with van der Waals surface area (Å²) < 4.78 is 15.9. The van der Waals surface area contributed by atoms with Gasteiger partial charge in [0.25, 0.3) is 0 Å². The minimum absolute atomic E-state index is 0.156. The summed E-state index contributed by atoms with van der Waals surface area (Å²) in [6, 6.07) is 11.0. The molecule has 0 bridgehead atoms. The number of nitrogens with zero attached hydrogens (tertiary/aromatic N) is 1. The van der Waals surface area contributed by atoms with Gasteiger partial charge in [0.1, 0.15) is 0 Å². The predicted molar refractivity (Wildman–Crippen MR) is 89.4 cm³/mol. The number of esters is 1. The van der Waals surface area contributed by atoms with E-state index in [4.69, 9.17) is 25.8 Å². The molecule has 2 aromatic carbocycles. The maximum atomic E-state index is 12.1. The summed E-state index contributed by atoms with van der Waals surface area (Å²) in [5, 5.41) is 0.443. The highest BCUT2D eigenvalue weighted by atomic mass is 35.5. The largest absolute Gasteiger partial charge is 0.454 e. The number of fused-ring (bicyclic) bond motifs is 1. The molecule has 0 fully saturated rings. The van der Waals surface area contributed by atoms with Crippen molar-refractivity contribution in [2.75, 3.05) is 6.79 Å². The Morgan fingerprint density at radius 1 is 1.17 bits per heavy atom. The van der Waals surface area contributed by atoms with Gasteiger partial charge >= 0.3 is 5.97 Å². The number of aliphatic imine (C=N–C) groups is 1. The first-order valence-electron chi connectivity index (χ1n) is 7.29. The van der Waals surface area contributed by atoms with Crippen molar-refractivity contribution in [3.05, 3.63) is 63.8 Å². The van der Waals surface area contributed by atoms with Crippen LogP contribution in [0.3, 0.4) is 0 Å². The van der Waals surface area contributed by atoms with Crippen molar-refractivity contribution in [3.63, 3.8) is 0 Å². The Hall–Kier alpha value is -2.79. The molecule has 0 spiro atoms. The van der Waals surface area contributed by atoms with Crippen LogP contribution in [-0.2, 0) is 9.53 Å². The van der Waals surface area contributed by atoms with E-state index in [2.05, 4.69) is 4.99 Å². The molecule has 0 aliphatic carbocycles. The Morgan fingerprint density at radius 2 is 1.96 bits per heavy atom. The van der Waals surface area contributed by atoms with Gasteiger partial charge in [-0.25, -0.2) is 9.79 Å². The minimum atomic E-state index is -0.514. The number of halogens is 1. The standard InChI is InChI=1S/C18H12ClNO4/c1-10-3-2-4-11(5-10)17-20-14(18(21)24-17)6-12-7-15-16(8-13(12)19)23-9-22-15/h2-8H,9H2,1H3/b14-6+. The van der Waals surface area contributed by atoms with Crippen molar-refractivity contribution in [2.45, 2.75) is 6.92 Å². The molecule has 4 rings (SSSR count). The van der Waals surface area contributed by atoms with E-state index in [0.29, 0.717) is 22.1 Å². The fourth-order valence-electron chi connectivity index (χ4n) is 2.50. The summed E-state index contributed by atoms with van der Waals surface area (Å²) in [5.41, 5.74) is 2.61. The SMILES string of the molecule is Cc1cccc(C2=N/C(=C/c3cc4c(cc3Cl)OCO4)C(=O)O2)c1. The van der Waals surface area contributed by atoms with Crippen LogP contribution in [0.4, 0.5) is 0 Å². The number of aryl methyl sites for hydroxylation is 1. The minimum Gasteiger partial charge on any atom is -0.454 e. The number of carbonyl (C=O) groups excluding carboxylic acids is 1. The number of cyclic esters (lactones) is 1. The van der Waals surface area contributed by atoms with Crippen LogP contribution in [0.25, 0.3) is 6.08 Å². The summed E-state index contributed by atoms with van der Waals surface area (Å²) in [4.78, 5) is 16.4. The monoisotopic (exact) mass is 341 g/mol. The molecule has 24 heavy (non-hydrogen) atoms. The van der Waals surface area contributed by atoms with E-state index in [1.165, 1.54) is 0 Å². The Balaban J connectivity index is 1.71. The van der Waals surface area contributed by atoms with Crippen LogP contribution >= 0.6 is 11.6 Å². The van der Waals surface area contributed by atoms with E-state index in [-0.39, 0.29) is 18.4 Å². The van der Waals surface area contributed by atoms with Gasteiger partial charge < -0.3 is 14.2 Å². The van der Waals surface area contributed by atoms with E-state index in [1.54, 1.807) is 18.2 Å². The van der Waals surface area contributed by atoms with E-state index in [1.807, 2.05) is 31.2 Å². The number of hydrogen-bond acceptors (Lipinski definition) is 5. The zero-order valence-electron chi connectivity index (χ0n) is 12.7. The average Bonchev–Trinajstić information content (AvgIpc) is 3.14. The third-order valence-corrected chi connectivity index (χ3v) is 4.00. The van der Waals surface area contributed by atoms with Crippen LogP contribution in [0.15, 0.2) is 47.1 Å². The van der Waals surface area contributed by atoms with Crippen LogP contribution in [0, 0.1) is 6.92 Å². The molecule has 2 aliphatic rings. The molecule has 0 unspecified atom stereocenters. The molecule has 0 N–H and O–H groups in total. The van der Waals surface area contributed by atoms with Gasteiger partial charge in [-0.15, -0.1) is 0 Å². The molecule has 120 valence electrons. The highest BCUT2D eigenvalue weighted by Gasteiger charge is 2.25. The summed E-state index contributed by atoms with van der Waals surface area (Å²) >= 11 is 6.23. The Bertz CT molecular complexity index is 917. The second-order valence-corrected chi connectivity index (χ2v) is 5.84. The highest BCUT2D eigenvalue weighted by molar-refractivity contribution is 6.32. The third kappa shape index (κ3) is 2.63. The maximum absolute atomic E-state index is 12.1. The molecule has 0 aromatic heterocycles. The zero-order chi connectivity index (χ0) is 16.7. The molecule has 2 aliphatic heterocycles. The molecule has 2 heterocycles. The first kappa shape index (κ1) is 14.8. The molecular formula is C18H12ClNO4. The molecule has 0 saturated heterocycles. The fraction of sp³-hybridized carbons (Fsp3) is 0.111. The van der Waals surface area contributed by atoms with Gasteiger partial charge in [-0.3, -0.25) is 0 Å². The molecule has 0 atom stereocenters. The average molecular weight is 342 g/mol. The number of rotatable bonds is 2. The van der Waals surface area contributed by atoms with Crippen molar-refractivity contribution in [1.82, 2.24) is 0 Å². The van der Waals surface area contributed by atoms with E-state index < -0.39 is 5.97 Å². The van der Waals surface area contributed by atoms with Crippen molar-refractivity contribution in [1.29, 1.82) is 0 Å². The lowest BCUT2D eigenvalue weighted by atomic mass is 10.1. The number of hydrogen-bond donors (Lipinski definition) is 0. The summed E-state index contributed by atoms with van der Waals surface area (Å²) in [5.74, 6) is 0.938. The summed E-state index contributed by atoms with van der Waals surface area (Å²) in [6.07, 6.45) is 1.58. The van der Waals surface area contributed by atoms with Crippen molar-refractivity contribution < 1.29 is 19.0 Å². The Labute approximate surface area is 143 Å². The van der Waals surface area contributed by atoms with Crippen LogP contribution in [-0.4, -0.2) is 18.7 Å². The lowest BCUT2D eigenvalue weighted by Crippen LogP contribution is -2.05. The predicted octanol–water partition coefficient (Wildman–Crippen LogP) is 3.72. The third-order valence-electron chi connectivity index (χ3n) is 3.67. The molecule has 2 aromatic rings. The van der Waals surface area contributed by atoms with Crippen molar-refractivity contribution in [2.24, 2.45) is 4.99 Å². The number of benzene rings is 2. The van der Waals surface area contributed by atoms with Crippen molar-refractivity contribution >= 4 is 29.5 Å². The topological polar surface area (TPSA) is 57.1 Å². The van der Waals surface area contributed by atoms with Gasteiger partial charge in [0.15, 0.2) is 17.2 Å². The molecule has 5 nitrogen and oxygen atoms in total. The van der Waals surface area contributed by atoms with Gasteiger partial charge in [-0.1, -0.05) is 29.3 Å². The van der Waals surface area contributed by atoms with Crippen LogP contribution in [0.1, 0.15) is 16.7 Å². The second kappa shape index (κ2) is 5.69. The summed E-state index contributed by atoms with van der Waals surface area (Å²) in [6.45, 7) is 2.12. The molecule has 0 saturated carbocycles. The van der Waals surface area contributed by atoms with Crippen molar-refractivity contribution in [3.8, 4) is 11.5 Å². The van der Waals surface area contributed by atoms with Crippen LogP contribution < -0.4 is 9.47 Å². The zero-order valence-corrected chi connectivity index (χ0v) is 13.5. The quantitative estimate of drug-likeness (QED) is 0.617. The van der Waals surface area contributed by atoms with Crippen LogP contribution in [0.5, 0.6) is 11.5 Å². The molecule has 0 radical (unpaired) electrons. The molecule has 6 heteroatoms. The van der Waals surface area contributed by atoms with Crippen LogP contribution in [0.2, 0.25) is 5.02 Å². The Morgan fingerprint density at radius 3 is 2.75 bits per heavy atom. The normalized spacial score (nSPS) is 17.2. The van der Waals surface area contributed by atoms with Gasteiger partial charge in [0.2, 0.25) is 12.7 Å². The van der Waals surface area contributed by atoms with E-state index in [0.717, 1.165) is 11.1 Å². The maximum Gasteiger partial charge on any atom is 0.363 e. The first-order valence-corrected chi connectivity index (χ1v) is 7.67. The number of ether oxygens (including phenoxy) is 3. The lowest BCUT2D eigenvalue weighted by molar-refractivity contribution is -0.129. The fourth-order valence-corrected chi connectivity index (χ4v) is 2.71. The van der Waals surface area contributed by atoms with Gasteiger partial charge in [0, 0.05) is 11.6 Å².